The van der Waals surface area contributed by atoms with Crippen molar-refractivity contribution in [2.45, 2.75) is 48.0 Å². The van der Waals surface area contributed by atoms with Gasteiger partial charge in [-0.05, 0) is 68.3 Å². The molecule has 0 spiro atoms. The summed E-state index contributed by atoms with van der Waals surface area (Å²) in [7, 11) is -3.88. The van der Waals surface area contributed by atoms with Gasteiger partial charge in [-0.25, -0.2) is 18.2 Å². The van der Waals surface area contributed by atoms with Gasteiger partial charge in [-0.2, -0.15) is 13.2 Å². The summed E-state index contributed by atoms with van der Waals surface area (Å²) in [5.41, 5.74) is 1.14. The van der Waals surface area contributed by atoms with Gasteiger partial charge in [0.2, 0.25) is 5.91 Å². The summed E-state index contributed by atoms with van der Waals surface area (Å²) in [6, 6.07) is 9.04. The van der Waals surface area contributed by atoms with E-state index in [-0.39, 0.29) is 11.4 Å². The summed E-state index contributed by atoms with van der Waals surface area (Å²) >= 11 is 6.32. The van der Waals surface area contributed by atoms with Crippen molar-refractivity contribution >= 4 is 33.0 Å². The third-order valence-corrected chi connectivity index (χ3v) is 9.52. The molecule has 6 nitrogen and oxygen atoms in total. The molecule has 12 heteroatoms. The third-order valence-electron chi connectivity index (χ3n) is 6.71. The SMILES string of the molecule is C[C@@]1(C(=O)NCC2=CN(c3ccc(C(F)(F)F)cc3)NC2Cl)CCC[C@@H]1S(=O)(=O)c1ccc(F)cc1. The Hall–Kier alpha value is -2.63. The lowest BCUT2D eigenvalue weighted by atomic mass is 9.87. The molecule has 2 aromatic carbocycles. The number of rotatable bonds is 6. The molecule has 2 aliphatic rings. The first-order valence-electron chi connectivity index (χ1n) is 11.2. The highest BCUT2D eigenvalue weighted by Gasteiger charge is 2.51. The van der Waals surface area contributed by atoms with E-state index in [4.69, 9.17) is 11.6 Å². The van der Waals surface area contributed by atoms with Gasteiger partial charge in [0.15, 0.2) is 9.84 Å². The molecule has 1 aliphatic carbocycles. The predicted octanol–water partition coefficient (Wildman–Crippen LogP) is 4.77. The maximum absolute atomic E-state index is 13.3. The highest BCUT2D eigenvalue weighted by molar-refractivity contribution is 7.92. The van der Waals surface area contributed by atoms with Crippen LogP contribution >= 0.6 is 11.6 Å². The second kappa shape index (κ2) is 9.68. The zero-order chi connectivity index (χ0) is 26.3. The van der Waals surface area contributed by atoms with Crippen LogP contribution in [0, 0.1) is 11.2 Å². The first kappa shape index (κ1) is 26.4. The number of alkyl halides is 4. The molecule has 0 bridgehead atoms. The smallest absolute Gasteiger partial charge is 0.352 e. The third kappa shape index (κ3) is 5.09. The van der Waals surface area contributed by atoms with Crippen LogP contribution in [0.3, 0.4) is 0 Å². The van der Waals surface area contributed by atoms with E-state index in [9.17, 15) is 30.8 Å². The zero-order valence-corrected chi connectivity index (χ0v) is 20.7. The molecule has 3 atom stereocenters. The molecule has 36 heavy (non-hydrogen) atoms. The first-order valence-corrected chi connectivity index (χ1v) is 13.2. The van der Waals surface area contributed by atoms with Crippen LogP contribution in [-0.2, 0) is 20.8 Å². The fourth-order valence-electron chi connectivity index (χ4n) is 4.63. The molecular formula is C24H24ClF4N3O3S. The quantitative estimate of drug-likeness (QED) is 0.237. The van der Waals surface area contributed by atoms with Gasteiger partial charge in [0, 0.05) is 18.3 Å². The molecule has 1 heterocycles. The molecular weight excluding hydrogens is 522 g/mol. The molecule has 4 rings (SSSR count). The van der Waals surface area contributed by atoms with Crippen molar-refractivity contribution in [3.8, 4) is 0 Å². The molecule has 0 saturated heterocycles. The van der Waals surface area contributed by atoms with Crippen molar-refractivity contribution in [1.29, 1.82) is 0 Å². The molecule has 1 saturated carbocycles. The second-order valence-electron chi connectivity index (χ2n) is 9.09. The molecule has 1 fully saturated rings. The number of hydrogen-bond donors (Lipinski definition) is 2. The molecule has 0 aromatic heterocycles. The van der Waals surface area contributed by atoms with Crippen LogP contribution in [0.15, 0.2) is 65.2 Å². The minimum atomic E-state index is -4.45. The van der Waals surface area contributed by atoms with Gasteiger partial charge in [-0.1, -0.05) is 18.0 Å². The van der Waals surface area contributed by atoms with E-state index in [1.54, 1.807) is 13.1 Å². The Balaban J connectivity index is 1.46. The molecule has 2 aromatic rings. The maximum Gasteiger partial charge on any atom is 0.416 e. The van der Waals surface area contributed by atoms with Gasteiger partial charge < -0.3 is 5.32 Å². The Labute approximate surface area is 211 Å². The number of hydrazine groups is 1. The minimum absolute atomic E-state index is 0.00996. The number of halogens is 5. The summed E-state index contributed by atoms with van der Waals surface area (Å²) in [6.07, 6.45) is -1.67. The lowest BCUT2D eigenvalue weighted by Gasteiger charge is -2.30. The number of amides is 1. The molecule has 0 radical (unpaired) electrons. The lowest BCUT2D eigenvalue weighted by molar-refractivity contribution is -0.137. The Morgan fingerprint density at radius 2 is 1.81 bits per heavy atom. The average Bonchev–Trinajstić information content (AvgIpc) is 3.41. The molecule has 2 N–H and O–H groups in total. The van der Waals surface area contributed by atoms with Crippen molar-refractivity contribution < 1.29 is 30.8 Å². The Morgan fingerprint density at radius 1 is 1.17 bits per heavy atom. The van der Waals surface area contributed by atoms with Crippen LogP contribution in [0.4, 0.5) is 23.2 Å². The van der Waals surface area contributed by atoms with Gasteiger partial charge >= 0.3 is 6.18 Å². The van der Waals surface area contributed by atoms with Crippen molar-refractivity contribution in [3.05, 3.63) is 71.7 Å². The zero-order valence-electron chi connectivity index (χ0n) is 19.1. The fraction of sp³-hybridized carbons (Fsp3) is 0.375. The molecule has 1 unspecified atom stereocenters. The standard InChI is InChI=1S/C24H24ClF4N3O3S/c1-23(12-2-3-20(23)36(34,35)19-10-6-17(26)7-11-19)22(33)30-13-15-14-32(31-21(15)25)18-8-4-16(5-9-18)24(27,28)29/h4-11,14,20-21,31H,2-3,12-13H2,1H3,(H,30,33)/t20-,21?,23+/m0/s1. The fourth-order valence-corrected chi connectivity index (χ4v) is 7.10. The van der Waals surface area contributed by atoms with Crippen LogP contribution in [0.5, 0.6) is 0 Å². The van der Waals surface area contributed by atoms with E-state index < -0.39 is 49.5 Å². The average molecular weight is 546 g/mol. The van der Waals surface area contributed by atoms with E-state index in [0.717, 1.165) is 24.3 Å². The summed E-state index contributed by atoms with van der Waals surface area (Å²) in [6.45, 7) is 1.62. The highest BCUT2D eigenvalue weighted by atomic mass is 35.5. The van der Waals surface area contributed by atoms with Crippen molar-refractivity contribution in [1.82, 2.24) is 10.7 Å². The largest absolute Gasteiger partial charge is 0.416 e. The predicted molar refractivity (Wildman–Crippen MR) is 127 cm³/mol. The first-order chi connectivity index (χ1) is 16.8. The van der Waals surface area contributed by atoms with E-state index in [0.29, 0.717) is 30.5 Å². The summed E-state index contributed by atoms with van der Waals surface area (Å²) < 4.78 is 78.2. The monoisotopic (exact) mass is 545 g/mol. The van der Waals surface area contributed by atoms with Crippen molar-refractivity contribution in [2.24, 2.45) is 5.41 Å². The lowest BCUT2D eigenvalue weighted by Crippen LogP contribution is -2.47. The molecule has 1 aliphatic heterocycles. The van der Waals surface area contributed by atoms with E-state index in [2.05, 4.69) is 10.7 Å². The topological polar surface area (TPSA) is 78.5 Å². The Kier molecular flexibility index (Phi) is 7.11. The van der Waals surface area contributed by atoms with Gasteiger partial charge in [0.1, 0.15) is 11.3 Å². The number of hydrogen-bond acceptors (Lipinski definition) is 5. The van der Waals surface area contributed by atoms with Gasteiger partial charge in [0.25, 0.3) is 0 Å². The number of carbonyl (C=O) groups is 1. The van der Waals surface area contributed by atoms with Crippen LogP contribution in [0.2, 0.25) is 0 Å². The number of sulfone groups is 1. The summed E-state index contributed by atoms with van der Waals surface area (Å²) in [4.78, 5) is 13.2. The molecule has 1 amide bonds. The molecule has 194 valence electrons. The van der Waals surface area contributed by atoms with Gasteiger partial charge in [-0.15, -0.1) is 0 Å². The second-order valence-corrected chi connectivity index (χ2v) is 11.7. The van der Waals surface area contributed by atoms with Crippen molar-refractivity contribution in [3.63, 3.8) is 0 Å². The van der Waals surface area contributed by atoms with Crippen LogP contribution < -0.4 is 15.8 Å². The Morgan fingerprint density at radius 3 is 2.42 bits per heavy atom. The van der Waals surface area contributed by atoms with E-state index >= 15 is 0 Å². The van der Waals surface area contributed by atoms with Crippen LogP contribution in [-0.4, -0.2) is 31.6 Å². The van der Waals surface area contributed by atoms with E-state index in [1.807, 2.05) is 0 Å². The summed E-state index contributed by atoms with van der Waals surface area (Å²) in [5, 5.41) is 3.26. The van der Waals surface area contributed by atoms with Gasteiger partial charge in [0.05, 0.1) is 26.8 Å². The van der Waals surface area contributed by atoms with Crippen LogP contribution in [0.25, 0.3) is 0 Å². The Bertz CT molecular complexity index is 1270. The highest BCUT2D eigenvalue weighted by Crippen LogP contribution is 2.44. The maximum atomic E-state index is 13.3. The number of carbonyl (C=O) groups excluding carboxylic acids is 1. The normalized spacial score (nSPS) is 24.6. The number of anilines is 1. The van der Waals surface area contributed by atoms with Crippen LogP contribution in [0.1, 0.15) is 31.7 Å². The minimum Gasteiger partial charge on any atom is -0.352 e. The number of nitrogens with one attached hydrogen (secondary N) is 2. The van der Waals surface area contributed by atoms with Gasteiger partial charge in [-0.3, -0.25) is 9.80 Å². The summed E-state index contributed by atoms with van der Waals surface area (Å²) in [5.74, 6) is -1.01. The van der Waals surface area contributed by atoms with E-state index in [1.165, 1.54) is 29.3 Å². The van der Waals surface area contributed by atoms with Crippen molar-refractivity contribution in [2.75, 3.05) is 11.6 Å². The number of benzene rings is 2. The number of nitrogens with zero attached hydrogens (tertiary/aromatic N) is 1.